The Morgan fingerprint density at radius 1 is 1.47 bits per heavy atom. The molecule has 0 radical (unpaired) electrons. The molecular formula is C11H10FN7. The number of allylic oxidation sites excluding steroid dienone is 1. The summed E-state index contributed by atoms with van der Waals surface area (Å²) in [5, 5.41) is 27.7. The fourth-order valence-corrected chi connectivity index (χ4v) is 1.43. The van der Waals surface area contributed by atoms with E-state index in [9.17, 15) is 4.39 Å². The molecule has 19 heavy (non-hydrogen) atoms. The number of aromatic nitrogens is 4. The predicted molar refractivity (Wildman–Crippen MR) is 67.3 cm³/mol. The van der Waals surface area contributed by atoms with E-state index in [-0.39, 0.29) is 17.2 Å². The predicted octanol–water partition coefficient (Wildman–Crippen LogP) is 1.36. The summed E-state index contributed by atoms with van der Waals surface area (Å²) in [7, 11) is 1.71. The molecule has 1 aromatic carbocycles. The van der Waals surface area contributed by atoms with Gasteiger partial charge in [-0.15, -0.1) is 10.2 Å². The maximum atomic E-state index is 13.2. The maximum absolute atomic E-state index is 13.2. The summed E-state index contributed by atoms with van der Waals surface area (Å²) < 4.78 is 13.2. The summed E-state index contributed by atoms with van der Waals surface area (Å²) in [6.07, 6.45) is 1.39. The molecule has 0 atom stereocenters. The lowest BCUT2D eigenvalue weighted by Crippen LogP contribution is -1.98. The van der Waals surface area contributed by atoms with Gasteiger partial charge in [0.1, 0.15) is 17.5 Å². The lowest BCUT2D eigenvalue weighted by molar-refractivity contribution is 0.628. The van der Waals surface area contributed by atoms with Gasteiger partial charge in [0.2, 0.25) is 5.82 Å². The average molecular weight is 259 g/mol. The third kappa shape index (κ3) is 2.84. The van der Waals surface area contributed by atoms with Crippen molar-refractivity contribution in [2.24, 2.45) is 0 Å². The van der Waals surface area contributed by atoms with Gasteiger partial charge in [-0.2, -0.15) is 10.5 Å². The van der Waals surface area contributed by atoms with Crippen LogP contribution >= 0.6 is 0 Å². The minimum Gasteiger partial charge on any atom is -0.386 e. The third-order valence-electron chi connectivity index (χ3n) is 2.33. The van der Waals surface area contributed by atoms with Crippen LogP contribution in [-0.2, 0) is 0 Å². The maximum Gasteiger partial charge on any atom is 0.216 e. The van der Waals surface area contributed by atoms with Crippen LogP contribution in [0, 0.1) is 17.1 Å². The summed E-state index contributed by atoms with van der Waals surface area (Å²) in [5.74, 6) is -0.217. The minimum atomic E-state index is -0.382. The number of tetrazole rings is 1. The number of nitriles is 1. The zero-order chi connectivity index (χ0) is 13.7. The molecule has 0 amide bonds. The summed E-state index contributed by atoms with van der Waals surface area (Å²) >= 11 is 0. The van der Waals surface area contributed by atoms with E-state index in [1.54, 1.807) is 13.1 Å². The number of anilines is 2. The summed E-state index contributed by atoms with van der Waals surface area (Å²) in [4.78, 5) is 0. The highest BCUT2D eigenvalue weighted by Gasteiger charge is 2.06. The van der Waals surface area contributed by atoms with E-state index in [1.807, 2.05) is 6.07 Å². The van der Waals surface area contributed by atoms with Crippen LogP contribution in [0.5, 0.6) is 0 Å². The first-order valence-corrected chi connectivity index (χ1v) is 5.32. The van der Waals surface area contributed by atoms with Crippen molar-refractivity contribution in [2.75, 3.05) is 17.7 Å². The molecule has 2 rings (SSSR count). The van der Waals surface area contributed by atoms with Crippen molar-refractivity contribution < 1.29 is 4.39 Å². The Labute approximate surface area is 108 Å². The van der Waals surface area contributed by atoms with Gasteiger partial charge < -0.3 is 10.6 Å². The van der Waals surface area contributed by atoms with E-state index < -0.39 is 0 Å². The Bertz CT molecular complexity index is 627. The van der Waals surface area contributed by atoms with Crippen LogP contribution in [0.1, 0.15) is 5.82 Å². The molecule has 0 saturated carbocycles. The van der Waals surface area contributed by atoms with E-state index in [0.717, 1.165) is 0 Å². The Kier molecular flexibility index (Phi) is 3.68. The first-order valence-electron chi connectivity index (χ1n) is 5.32. The molecule has 0 aliphatic heterocycles. The Hall–Kier alpha value is -2.95. The number of H-pyrrole nitrogens is 1. The van der Waals surface area contributed by atoms with Crippen molar-refractivity contribution in [3.63, 3.8) is 0 Å². The second-order valence-corrected chi connectivity index (χ2v) is 3.49. The molecule has 0 aliphatic rings. The second kappa shape index (κ2) is 5.59. The van der Waals surface area contributed by atoms with E-state index in [0.29, 0.717) is 11.4 Å². The molecule has 7 nitrogen and oxygen atoms in total. The Morgan fingerprint density at radius 2 is 2.32 bits per heavy atom. The van der Waals surface area contributed by atoms with Gasteiger partial charge >= 0.3 is 0 Å². The normalized spacial score (nSPS) is 10.9. The quantitative estimate of drug-likeness (QED) is 0.716. The first kappa shape index (κ1) is 12.5. The number of hydrogen-bond acceptors (Lipinski definition) is 6. The molecule has 0 bridgehead atoms. The van der Waals surface area contributed by atoms with Crippen molar-refractivity contribution >= 4 is 16.9 Å². The summed E-state index contributed by atoms with van der Waals surface area (Å²) in [5.41, 5.74) is 1.38. The number of benzene rings is 1. The van der Waals surface area contributed by atoms with Crippen LogP contribution in [0.3, 0.4) is 0 Å². The highest BCUT2D eigenvalue weighted by Crippen LogP contribution is 2.22. The number of aromatic amines is 1. The molecule has 0 unspecified atom stereocenters. The van der Waals surface area contributed by atoms with Crippen LogP contribution in [0.4, 0.5) is 15.8 Å². The minimum absolute atomic E-state index is 0.164. The Morgan fingerprint density at radius 3 is 2.95 bits per heavy atom. The molecule has 0 fully saturated rings. The van der Waals surface area contributed by atoms with Gasteiger partial charge in [0, 0.05) is 13.2 Å². The molecule has 96 valence electrons. The number of nitrogens with one attached hydrogen (secondary N) is 3. The number of halogens is 1. The second-order valence-electron chi connectivity index (χ2n) is 3.49. The van der Waals surface area contributed by atoms with Crippen LogP contribution in [0.15, 0.2) is 24.4 Å². The molecular weight excluding hydrogens is 249 g/mol. The fraction of sp³-hybridized carbons (Fsp3) is 0.0909. The molecule has 0 aliphatic carbocycles. The molecule has 3 N–H and O–H groups in total. The number of rotatable bonds is 4. The van der Waals surface area contributed by atoms with Crippen molar-refractivity contribution in [2.45, 2.75) is 0 Å². The molecule has 8 heteroatoms. The highest BCUT2D eigenvalue weighted by atomic mass is 19.1. The van der Waals surface area contributed by atoms with Gasteiger partial charge in [-0.05, 0) is 23.4 Å². The largest absolute Gasteiger partial charge is 0.386 e. The SMILES string of the molecule is CNc1ccc(F)cc1NC=C(C#N)c1nn[nH]n1. The van der Waals surface area contributed by atoms with Gasteiger partial charge in [-0.3, -0.25) is 0 Å². The number of nitrogens with zero attached hydrogens (tertiary/aromatic N) is 4. The molecule has 0 spiro atoms. The standard InChI is InChI=1S/C11H10FN7/c1-14-9-3-2-8(12)4-10(9)15-6-7(5-13)11-16-18-19-17-11/h2-4,6,14-15H,1H3,(H,16,17,18,19). The first-order chi connectivity index (χ1) is 9.24. The van der Waals surface area contributed by atoms with Crippen LogP contribution in [0.25, 0.3) is 5.57 Å². The lowest BCUT2D eigenvalue weighted by Gasteiger charge is -2.08. The monoisotopic (exact) mass is 259 g/mol. The van der Waals surface area contributed by atoms with E-state index in [1.165, 1.54) is 18.3 Å². The zero-order valence-corrected chi connectivity index (χ0v) is 9.98. The van der Waals surface area contributed by atoms with Crippen LogP contribution in [0.2, 0.25) is 0 Å². The van der Waals surface area contributed by atoms with E-state index >= 15 is 0 Å². The van der Waals surface area contributed by atoms with Crippen molar-refractivity contribution in [1.29, 1.82) is 5.26 Å². The van der Waals surface area contributed by atoms with Gasteiger partial charge in [0.05, 0.1) is 11.4 Å². The van der Waals surface area contributed by atoms with Gasteiger partial charge in [0.15, 0.2) is 0 Å². The van der Waals surface area contributed by atoms with Gasteiger partial charge in [0.25, 0.3) is 0 Å². The van der Waals surface area contributed by atoms with E-state index in [2.05, 4.69) is 31.3 Å². The van der Waals surface area contributed by atoms with Crippen LogP contribution in [-0.4, -0.2) is 27.7 Å². The third-order valence-corrected chi connectivity index (χ3v) is 2.33. The van der Waals surface area contributed by atoms with Crippen molar-refractivity contribution in [1.82, 2.24) is 20.6 Å². The molecule has 0 saturated heterocycles. The summed E-state index contributed by atoms with van der Waals surface area (Å²) in [6, 6.07) is 6.17. The highest BCUT2D eigenvalue weighted by molar-refractivity contribution is 5.77. The smallest absolute Gasteiger partial charge is 0.216 e. The van der Waals surface area contributed by atoms with Crippen molar-refractivity contribution in [3.05, 3.63) is 36.0 Å². The van der Waals surface area contributed by atoms with Crippen LogP contribution < -0.4 is 10.6 Å². The topological polar surface area (TPSA) is 102 Å². The summed E-state index contributed by atoms with van der Waals surface area (Å²) in [6.45, 7) is 0. The zero-order valence-electron chi connectivity index (χ0n) is 9.98. The lowest BCUT2D eigenvalue weighted by atomic mass is 10.2. The molecule has 2 aromatic rings. The molecule has 1 aromatic heterocycles. The van der Waals surface area contributed by atoms with Gasteiger partial charge in [-0.1, -0.05) is 0 Å². The van der Waals surface area contributed by atoms with Gasteiger partial charge in [-0.25, -0.2) is 4.39 Å². The van der Waals surface area contributed by atoms with E-state index in [4.69, 9.17) is 5.26 Å². The van der Waals surface area contributed by atoms with Crippen molar-refractivity contribution in [3.8, 4) is 6.07 Å². The number of hydrogen-bond donors (Lipinski definition) is 3. The Balaban J connectivity index is 2.26. The average Bonchev–Trinajstić information content (AvgIpc) is 2.94. The molecule has 1 heterocycles. The fourth-order valence-electron chi connectivity index (χ4n) is 1.43.